The molecule has 0 unspecified atom stereocenters. The Bertz CT molecular complexity index is 562. The molecule has 0 spiro atoms. The van der Waals surface area contributed by atoms with Crippen molar-refractivity contribution in [2.24, 2.45) is 0 Å². The number of aromatic carboxylic acids is 1. The van der Waals surface area contributed by atoms with Gasteiger partial charge in [-0.25, -0.2) is 9.78 Å². The van der Waals surface area contributed by atoms with Crippen LogP contribution in [0.3, 0.4) is 0 Å². The zero-order valence-electron chi connectivity index (χ0n) is 7.86. The number of halogens is 1. The van der Waals surface area contributed by atoms with E-state index >= 15 is 0 Å². The molecule has 0 bridgehead atoms. The van der Waals surface area contributed by atoms with Crippen molar-refractivity contribution in [3.05, 3.63) is 28.0 Å². The molecule has 15 heavy (non-hydrogen) atoms. The fraction of sp³-hybridized carbons (Fsp3) is 0.111. The van der Waals surface area contributed by atoms with Crippen molar-refractivity contribution in [3.8, 4) is 0 Å². The van der Waals surface area contributed by atoms with Crippen LogP contribution in [-0.2, 0) is 0 Å². The summed E-state index contributed by atoms with van der Waals surface area (Å²) >= 11 is 3.21. The van der Waals surface area contributed by atoms with Gasteiger partial charge in [0.05, 0.1) is 10.2 Å². The molecule has 5 nitrogen and oxygen atoms in total. The molecule has 0 aliphatic heterocycles. The first kappa shape index (κ1) is 9.97. The topological polar surface area (TPSA) is 80.6 Å². The van der Waals surface area contributed by atoms with Gasteiger partial charge in [-0.15, -0.1) is 0 Å². The van der Waals surface area contributed by atoms with Crippen LogP contribution in [0.25, 0.3) is 5.65 Å². The molecule has 2 rings (SSSR count). The zero-order valence-corrected chi connectivity index (χ0v) is 9.45. The molecule has 2 aromatic rings. The summed E-state index contributed by atoms with van der Waals surface area (Å²) in [7, 11) is 0. The number of fused-ring (bicyclic) bond motifs is 1. The monoisotopic (exact) mass is 269 g/mol. The van der Waals surface area contributed by atoms with Crippen LogP contribution in [0, 0.1) is 6.92 Å². The largest absolute Gasteiger partial charge is 0.478 e. The number of nitrogens with zero attached hydrogens (tertiary/aromatic N) is 2. The second-order valence-electron chi connectivity index (χ2n) is 3.17. The summed E-state index contributed by atoms with van der Waals surface area (Å²) in [6.07, 6.45) is 1.70. The van der Waals surface area contributed by atoms with Gasteiger partial charge in [-0.05, 0) is 28.9 Å². The highest BCUT2D eigenvalue weighted by atomic mass is 79.9. The Morgan fingerprint density at radius 1 is 1.67 bits per heavy atom. The summed E-state index contributed by atoms with van der Waals surface area (Å²) in [5.41, 5.74) is 7.00. The second-order valence-corrected chi connectivity index (χ2v) is 4.03. The van der Waals surface area contributed by atoms with Crippen molar-refractivity contribution in [2.45, 2.75) is 6.92 Å². The summed E-state index contributed by atoms with van der Waals surface area (Å²) in [4.78, 5) is 15.1. The first-order valence-corrected chi connectivity index (χ1v) is 4.97. The summed E-state index contributed by atoms with van der Waals surface area (Å²) in [6, 6.07) is 1.46. The molecule has 0 saturated carbocycles. The molecular formula is C9H8BrN3O2. The van der Waals surface area contributed by atoms with E-state index in [9.17, 15) is 4.79 Å². The van der Waals surface area contributed by atoms with Crippen LogP contribution in [0.2, 0.25) is 0 Å². The fourth-order valence-electron chi connectivity index (χ4n) is 1.41. The van der Waals surface area contributed by atoms with Gasteiger partial charge in [-0.2, -0.15) is 0 Å². The lowest BCUT2D eigenvalue weighted by Gasteiger charge is -2.04. The van der Waals surface area contributed by atoms with Gasteiger partial charge in [-0.3, -0.25) is 4.40 Å². The van der Waals surface area contributed by atoms with E-state index in [1.807, 2.05) is 0 Å². The Balaban J connectivity index is 2.93. The predicted molar refractivity (Wildman–Crippen MR) is 59.0 cm³/mol. The van der Waals surface area contributed by atoms with Crippen molar-refractivity contribution in [1.82, 2.24) is 9.38 Å². The lowest BCUT2D eigenvalue weighted by molar-refractivity contribution is 0.0698. The van der Waals surface area contributed by atoms with Crippen LogP contribution in [0.4, 0.5) is 5.82 Å². The number of nitrogen functional groups attached to an aromatic ring is 1. The average Bonchev–Trinajstić information content (AvgIpc) is 2.53. The maximum atomic E-state index is 11.0. The first-order valence-electron chi connectivity index (χ1n) is 4.17. The third kappa shape index (κ3) is 1.46. The van der Waals surface area contributed by atoms with E-state index in [0.29, 0.717) is 15.9 Å². The minimum absolute atomic E-state index is 0.129. The Morgan fingerprint density at radius 3 is 2.93 bits per heavy atom. The van der Waals surface area contributed by atoms with Crippen LogP contribution in [-0.4, -0.2) is 20.5 Å². The molecule has 0 atom stereocenters. The molecule has 0 amide bonds. The van der Waals surface area contributed by atoms with Crippen LogP contribution in [0.15, 0.2) is 16.7 Å². The van der Waals surface area contributed by atoms with Crippen molar-refractivity contribution in [1.29, 1.82) is 0 Å². The molecule has 0 aromatic carbocycles. The van der Waals surface area contributed by atoms with Gasteiger partial charge in [0.25, 0.3) is 0 Å². The number of nitrogens with two attached hydrogens (primary N) is 1. The third-order valence-corrected chi connectivity index (χ3v) is 2.71. The quantitative estimate of drug-likeness (QED) is 0.826. The minimum Gasteiger partial charge on any atom is -0.478 e. The van der Waals surface area contributed by atoms with Gasteiger partial charge in [-0.1, -0.05) is 0 Å². The van der Waals surface area contributed by atoms with Gasteiger partial charge >= 0.3 is 5.97 Å². The first-order chi connectivity index (χ1) is 7.00. The van der Waals surface area contributed by atoms with E-state index in [2.05, 4.69) is 20.9 Å². The van der Waals surface area contributed by atoms with Gasteiger partial charge < -0.3 is 10.8 Å². The van der Waals surface area contributed by atoms with Crippen LogP contribution >= 0.6 is 15.9 Å². The molecule has 3 N–H and O–H groups in total. The maximum Gasteiger partial charge on any atom is 0.339 e. The normalized spacial score (nSPS) is 10.8. The number of aryl methyl sites for hydroxylation is 1. The highest BCUT2D eigenvalue weighted by Gasteiger charge is 2.15. The second kappa shape index (κ2) is 3.23. The summed E-state index contributed by atoms with van der Waals surface area (Å²) in [5.74, 6) is -0.582. The van der Waals surface area contributed by atoms with Crippen LogP contribution in [0.5, 0.6) is 0 Å². The molecule has 6 heteroatoms. The lowest BCUT2D eigenvalue weighted by atomic mass is 10.2. The van der Waals surface area contributed by atoms with Crippen molar-refractivity contribution in [3.63, 3.8) is 0 Å². The fourth-order valence-corrected chi connectivity index (χ4v) is 1.83. The molecule has 78 valence electrons. The highest BCUT2D eigenvalue weighted by molar-refractivity contribution is 9.10. The van der Waals surface area contributed by atoms with Crippen LogP contribution < -0.4 is 5.73 Å². The van der Waals surface area contributed by atoms with Crippen LogP contribution in [0.1, 0.15) is 16.1 Å². The minimum atomic E-state index is -1.02. The molecule has 2 heterocycles. The maximum absolute atomic E-state index is 11.0. The number of carboxylic acids is 1. The Kier molecular flexibility index (Phi) is 2.15. The molecule has 2 aromatic heterocycles. The van der Waals surface area contributed by atoms with Gasteiger partial charge in [0.15, 0.2) is 5.65 Å². The number of hydrogen-bond acceptors (Lipinski definition) is 3. The van der Waals surface area contributed by atoms with E-state index in [1.54, 1.807) is 17.5 Å². The summed E-state index contributed by atoms with van der Waals surface area (Å²) < 4.78 is 2.10. The molecular weight excluding hydrogens is 262 g/mol. The smallest absolute Gasteiger partial charge is 0.339 e. The predicted octanol–water partition coefficient (Wildman–Crippen LogP) is 1.69. The molecule has 0 saturated heterocycles. The number of carbonyl (C=O) groups is 1. The third-order valence-electron chi connectivity index (χ3n) is 2.07. The van der Waals surface area contributed by atoms with E-state index in [-0.39, 0.29) is 5.56 Å². The number of hydrogen-bond donors (Lipinski definition) is 2. The van der Waals surface area contributed by atoms with Gasteiger partial charge in [0.1, 0.15) is 11.4 Å². The number of anilines is 1. The number of rotatable bonds is 1. The van der Waals surface area contributed by atoms with Crippen molar-refractivity contribution in [2.75, 3.05) is 5.73 Å². The Morgan fingerprint density at radius 2 is 2.33 bits per heavy atom. The Labute approximate surface area is 93.7 Å². The molecule has 0 aliphatic rings. The number of imidazole rings is 1. The number of pyridine rings is 1. The standard InChI is InChI=1S/C9H8BrN3O2/c1-4-3-13-7(11)6(10)2-5(9(14)15)8(13)12-4/h2-3H,11H2,1H3,(H,14,15). The summed E-state index contributed by atoms with van der Waals surface area (Å²) in [6.45, 7) is 1.78. The number of carboxylic acid groups (broad SMARTS) is 1. The highest BCUT2D eigenvalue weighted by Crippen LogP contribution is 2.24. The van der Waals surface area contributed by atoms with E-state index < -0.39 is 5.97 Å². The SMILES string of the molecule is Cc1cn2c(N)c(Br)cc(C(=O)O)c2n1. The molecule has 0 radical (unpaired) electrons. The van der Waals surface area contributed by atoms with E-state index in [4.69, 9.17) is 10.8 Å². The van der Waals surface area contributed by atoms with Gasteiger partial charge in [0, 0.05) is 6.20 Å². The van der Waals surface area contributed by atoms with E-state index in [1.165, 1.54) is 6.07 Å². The Hall–Kier alpha value is -1.56. The molecule has 0 aliphatic carbocycles. The zero-order chi connectivity index (χ0) is 11.2. The average molecular weight is 270 g/mol. The summed E-state index contributed by atoms with van der Waals surface area (Å²) in [5, 5.41) is 8.99. The van der Waals surface area contributed by atoms with Gasteiger partial charge in [0.2, 0.25) is 0 Å². The molecule has 0 fully saturated rings. The number of aromatic nitrogens is 2. The van der Waals surface area contributed by atoms with E-state index in [0.717, 1.165) is 5.69 Å². The van der Waals surface area contributed by atoms with Crippen molar-refractivity contribution >= 4 is 33.4 Å². The lowest BCUT2D eigenvalue weighted by Crippen LogP contribution is -2.05. The van der Waals surface area contributed by atoms with Crippen molar-refractivity contribution < 1.29 is 9.90 Å².